The number of rotatable bonds is 4. The molecule has 6 heteroatoms. The van der Waals surface area contributed by atoms with E-state index in [1.165, 1.54) is 12.3 Å². The normalized spacial score (nSPS) is 17.3. The number of carbonyl (C=O) groups excluding carboxylic acids is 1. The predicted molar refractivity (Wildman–Crippen MR) is 76.0 cm³/mol. The van der Waals surface area contributed by atoms with Crippen molar-refractivity contribution in [2.24, 2.45) is 0 Å². The summed E-state index contributed by atoms with van der Waals surface area (Å²) in [6.07, 6.45) is 4.26. The number of halogens is 1. The van der Waals surface area contributed by atoms with Crippen LogP contribution < -0.4 is 0 Å². The standard InChI is InChI=1S/C15H19FN4O/c1-2-3-12(10-17)19-6-8-20(9-7-19)15(21)13-4-5-18-11-14(13)16/h4-5,11-12H,2-3,6-9H2,1H3. The Morgan fingerprint density at radius 2 is 2.19 bits per heavy atom. The van der Waals surface area contributed by atoms with Crippen molar-refractivity contribution in [3.05, 3.63) is 29.8 Å². The number of aromatic nitrogens is 1. The van der Waals surface area contributed by atoms with Crippen molar-refractivity contribution in [1.29, 1.82) is 5.26 Å². The Balaban J connectivity index is 1.97. The van der Waals surface area contributed by atoms with Gasteiger partial charge in [0.15, 0.2) is 5.82 Å². The molecule has 1 atom stereocenters. The number of pyridine rings is 1. The molecule has 0 N–H and O–H groups in total. The first-order valence-electron chi connectivity index (χ1n) is 7.19. The van der Waals surface area contributed by atoms with E-state index < -0.39 is 5.82 Å². The SMILES string of the molecule is CCCC(C#N)N1CCN(C(=O)c2ccncc2F)CC1. The Kier molecular flexibility index (Phi) is 5.23. The molecular formula is C15H19FN4O. The molecule has 0 saturated carbocycles. The Hall–Kier alpha value is -2.00. The Labute approximate surface area is 124 Å². The Bertz CT molecular complexity index is 535. The molecule has 1 aromatic heterocycles. The number of piperazine rings is 1. The summed E-state index contributed by atoms with van der Waals surface area (Å²) in [5, 5.41) is 9.17. The first-order valence-corrected chi connectivity index (χ1v) is 7.19. The van der Waals surface area contributed by atoms with E-state index in [0.29, 0.717) is 26.2 Å². The molecule has 1 amide bonds. The van der Waals surface area contributed by atoms with Crippen molar-refractivity contribution in [3.63, 3.8) is 0 Å². The maximum Gasteiger partial charge on any atom is 0.257 e. The van der Waals surface area contributed by atoms with Crippen LogP contribution in [0.3, 0.4) is 0 Å². The summed E-state index contributed by atoms with van der Waals surface area (Å²) < 4.78 is 13.6. The van der Waals surface area contributed by atoms with E-state index in [0.717, 1.165) is 19.0 Å². The third kappa shape index (κ3) is 3.56. The van der Waals surface area contributed by atoms with Gasteiger partial charge in [0.1, 0.15) is 0 Å². The second kappa shape index (κ2) is 7.14. The highest BCUT2D eigenvalue weighted by molar-refractivity contribution is 5.94. The molecule has 0 bridgehead atoms. The smallest absolute Gasteiger partial charge is 0.257 e. The molecule has 5 nitrogen and oxygen atoms in total. The number of nitriles is 1. The van der Waals surface area contributed by atoms with Gasteiger partial charge in [-0.2, -0.15) is 5.26 Å². The molecule has 0 spiro atoms. The highest BCUT2D eigenvalue weighted by Crippen LogP contribution is 2.14. The van der Waals surface area contributed by atoms with Crippen LogP contribution in [0.1, 0.15) is 30.1 Å². The van der Waals surface area contributed by atoms with E-state index >= 15 is 0 Å². The highest BCUT2D eigenvalue weighted by Gasteiger charge is 2.27. The lowest BCUT2D eigenvalue weighted by Crippen LogP contribution is -2.51. The summed E-state index contributed by atoms with van der Waals surface area (Å²) in [7, 11) is 0. The maximum atomic E-state index is 13.6. The number of amides is 1. The molecule has 112 valence electrons. The monoisotopic (exact) mass is 290 g/mol. The molecule has 0 aliphatic carbocycles. The molecule has 1 aliphatic rings. The van der Waals surface area contributed by atoms with Gasteiger partial charge < -0.3 is 4.90 Å². The van der Waals surface area contributed by atoms with E-state index in [4.69, 9.17) is 0 Å². The van der Waals surface area contributed by atoms with E-state index in [9.17, 15) is 14.4 Å². The van der Waals surface area contributed by atoms with Gasteiger partial charge in [-0.1, -0.05) is 13.3 Å². The van der Waals surface area contributed by atoms with Gasteiger partial charge in [0.25, 0.3) is 5.91 Å². The van der Waals surface area contributed by atoms with Crippen molar-refractivity contribution < 1.29 is 9.18 Å². The minimum absolute atomic E-state index is 0.0591. The molecule has 2 heterocycles. The molecule has 1 unspecified atom stereocenters. The first kappa shape index (κ1) is 15.4. The van der Waals surface area contributed by atoms with E-state index in [2.05, 4.69) is 22.9 Å². The maximum absolute atomic E-state index is 13.6. The molecule has 0 radical (unpaired) electrons. The fraction of sp³-hybridized carbons (Fsp3) is 0.533. The van der Waals surface area contributed by atoms with Crippen molar-refractivity contribution in [3.8, 4) is 6.07 Å². The molecular weight excluding hydrogens is 271 g/mol. The molecule has 0 aromatic carbocycles. The van der Waals surface area contributed by atoms with E-state index in [1.807, 2.05) is 0 Å². The van der Waals surface area contributed by atoms with Crippen LogP contribution in [0.2, 0.25) is 0 Å². The van der Waals surface area contributed by atoms with Gasteiger partial charge in [-0.25, -0.2) is 4.39 Å². The molecule has 2 rings (SSSR count). The van der Waals surface area contributed by atoms with Gasteiger partial charge in [-0.15, -0.1) is 0 Å². The summed E-state index contributed by atoms with van der Waals surface area (Å²) in [4.78, 5) is 19.6. The van der Waals surface area contributed by atoms with Crippen LogP contribution in [0.15, 0.2) is 18.5 Å². The molecule has 1 saturated heterocycles. The second-order valence-corrected chi connectivity index (χ2v) is 5.12. The summed E-state index contributed by atoms with van der Waals surface area (Å²) >= 11 is 0. The van der Waals surface area contributed by atoms with Crippen LogP contribution in [0, 0.1) is 17.1 Å². The zero-order chi connectivity index (χ0) is 15.2. The van der Waals surface area contributed by atoms with Crippen molar-refractivity contribution in [1.82, 2.24) is 14.8 Å². The van der Waals surface area contributed by atoms with Gasteiger partial charge in [0, 0.05) is 32.4 Å². The minimum Gasteiger partial charge on any atom is -0.336 e. The van der Waals surface area contributed by atoms with Gasteiger partial charge in [-0.3, -0.25) is 14.7 Å². The number of nitrogens with zero attached hydrogens (tertiary/aromatic N) is 4. The Morgan fingerprint density at radius 1 is 1.48 bits per heavy atom. The van der Waals surface area contributed by atoms with E-state index in [-0.39, 0.29) is 17.5 Å². The summed E-state index contributed by atoms with van der Waals surface area (Å²) in [5.74, 6) is -0.899. The lowest BCUT2D eigenvalue weighted by molar-refractivity contribution is 0.0596. The van der Waals surface area contributed by atoms with Crippen molar-refractivity contribution >= 4 is 5.91 Å². The fourth-order valence-corrected chi connectivity index (χ4v) is 2.56. The molecule has 1 aliphatic heterocycles. The minimum atomic E-state index is -0.592. The average molecular weight is 290 g/mol. The number of hydrogen-bond donors (Lipinski definition) is 0. The lowest BCUT2D eigenvalue weighted by Gasteiger charge is -2.36. The zero-order valence-electron chi connectivity index (χ0n) is 12.1. The third-order valence-corrected chi connectivity index (χ3v) is 3.76. The van der Waals surface area contributed by atoms with Crippen LogP contribution in [-0.4, -0.2) is 52.9 Å². The van der Waals surface area contributed by atoms with Crippen LogP contribution in [-0.2, 0) is 0 Å². The summed E-state index contributed by atoms with van der Waals surface area (Å²) in [6.45, 7) is 4.38. The largest absolute Gasteiger partial charge is 0.336 e. The predicted octanol–water partition coefficient (Wildman–Crippen LogP) is 1.67. The first-order chi connectivity index (χ1) is 10.2. The van der Waals surface area contributed by atoms with Gasteiger partial charge in [0.2, 0.25) is 0 Å². The average Bonchev–Trinajstić information content (AvgIpc) is 2.52. The summed E-state index contributed by atoms with van der Waals surface area (Å²) in [5.41, 5.74) is 0.0591. The zero-order valence-corrected chi connectivity index (χ0v) is 12.1. The van der Waals surface area contributed by atoms with Gasteiger partial charge in [0.05, 0.1) is 23.9 Å². The van der Waals surface area contributed by atoms with Crippen molar-refractivity contribution in [2.75, 3.05) is 26.2 Å². The van der Waals surface area contributed by atoms with E-state index in [1.54, 1.807) is 4.90 Å². The second-order valence-electron chi connectivity index (χ2n) is 5.12. The Morgan fingerprint density at radius 3 is 2.76 bits per heavy atom. The lowest BCUT2D eigenvalue weighted by atomic mass is 10.1. The topological polar surface area (TPSA) is 60.2 Å². The molecule has 1 aromatic rings. The molecule has 1 fully saturated rings. The number of carbonyl (C=O) groups is 1. The van der Waals surface area contributed by atoms with Gasteiger partial charge >= 0.3 is 0 Å². The van der Waals surface area contributed by atoms with Crippen LogP contribution in [0.25, 0.3) is 0 Å². The fourth-order valence-electron chi connectivity index (χ4n) is 2.56. The summed E-state index contributed by atoms with van der Waals surface area (Å²) in [6, 6.07) is 3.62. The quantitative estimate of drug-likeness (QED) is 0.846. The van der Waals surface area contributed by atoms with Crippen LogP contribution >= 0.6 is 0 Å². The van der Waals surface area contributed by atoms with Crippen LogP contribution in [0.5, 0.6) is 0 Å². The molecule has 21 heavy (non-hydrogen) atoms. The van der Waals surface area contributed by atoms with Crippen molar-refractivity contribution in [2.45, 2.75) is 25.8 Å². The third-order valence-electron chi connectivity index (χ3n) is 3.76. The van der Waals surface area contributed by atoms with Gasteiger partial charge in [-0.05, 0) is 12.5 Å². The highest BCUT2D eigenvalue weighted by atomic mass is 19.1. The number of hydrogen-bond acceptors (Lipinski definition) is 4. The van der Waals surface area contributed by atoms with Crippen LogP contribution in [0.4, 0.5) is 4.39 Å².